The van der Waals surface area contributed by atoms with Gasteiger partial charge in [-0.2, -0.15) is 0 Å². The number of hydrogen-bond donors (Lipinski definition) is 1. The first-order valence-electron chi connectivity index (χ1n) is 7.21. The van der Waals surface area contributed by atoms with E-state index in [9.17, 15) is 4.79 Å². The molecule has 5 heteroatoms. The van der Waals surface area contributed by atoms with Crippen molar-refractivity contribution < 1.29 is 4.79 Å². The molecule has 0 spiro atoms. The molecule has 1 N–H and O–H groups in total. The van der Waals surface area contributed by atoms with Gasteiger partial charge in [0.15, 0.2) is 0 Å². The molecule has 1 aliphatic rings. The van der Waals surface area contributed by atoms with E-state index in [1.165, 1.54) is 0 Å². The third-order valence-electron chi connectivity index (χ3n) is 4.07. The van der Waals surface area contributed by atoms with E-state index in [0.29, 0.717) is 24.6 Å². The number of H-pyrrole nitrogens is 1. The van der Waals surface area contributed by atoms with Gasteiger partial charge in [0.25, 0.3) is 5.91 Å². The number of aromatic nitrogens is 2. The second-order valence-corrected chi connectivity index (χ2v) is 6.38. The Balaban J connectivity index is 1.50. The highest BCUT2D eigenvalue weighted by atomic mass is 79.9. The number of amides is 1. The van der Waals surface area contributed by atoms with E-state index in [1.54, 1.807) is 0 Å². The van der Waals surface area contributed by atoms with Crippen molar-refractivity contribution in [2.45, 2.75) is 5.92 Å². The van der Waals surface area contributed by atoms with Gasteiger partial charge in [-0.15, -0.1) is 0 Å². The van der Waals surface area contributed by atoms with Gasteiger partial charge in [0, 0.05) is 17.6 Å². The van der Waals surface area contributed by atoms with Crippen LogP contribution in [0.4, 0.5) is 0 Å². The standard InChI is InChI=1S/C17H14BrN3O/c18-13-6-2-1-5-12(13)17(22)21-9-11(10-21)16-19-14-7-3-4-8-15(14)20-16/h1-8,11H,9-10H2,(H,19,20). The number of rotatable bonds is 2. The van der Waals surface area contributed by atoms with E-state index < -0.39 is 0 Å². The van der Waals surface area contributed by atoms with E-state index in [-0.39, 0.29) is 5.91 Å². The van der Waals surface area contributed by atoms with E-state index >= 15 is 0 Å². The number of aromatic amines is 1. The molecular weight excluding hydrogens is 342 g/mol. The highest BCUT2D eigenvalue weighted by Crippen LogP contribution is 2.29. The van der Waals surface area contributed by atoms with Crippen molar-refractivity contribution in [1.82, 2.24) is 14.9 Å². The van der Waals surface area contributed by atoms with E-state index in [4.69, 9.17) is 0 Å². The lowest BCUT2D eigenvalue weighted by Crippen LogP contribution is -2.48. The smallest absolute Gasteiger partial charge is 0.255 e. The van der Waals surface area contributed by atoms with Crippen LogP contribution < -0.4 is 0 Å². The Bertz CT molecular complexity index is 819. The summed E-state index contributed by atoms with van der Waals surface area (Å²) in [6.45, 7) is 1.42. The van der Waals surface area contributed by atoms with Gasteiger partial charge in [0.1, 0.15) is 5.82 Å². The Morgan fingerprint density at radius 2 is 1.86 bits per heavy atom. The SMILES string of the molecule is O=C(c1ccccc1Br)N1CC(c2nc3ccccc3[nH]2)C1. The number of halogens is 1. The minimum absolute atomic E-state index is 0.0693. The molecule has 0 bridgehead atoms. The zero-order valence-electron chi connectivity index (χ0n) is 11.8. The van der Waals surface area contributed by atoms with Crippen molar-refractivity contribution in [3.63, 3.8) is 0 Å². The maximum atomic E-state index is 12.5. The van der Waals surface area contributed by atoms with Gasteiger partial charge in [-0.05, 0) is 40.2 Å². The number of nitrogens with one attached hydrogen (secondary N) is 1. The molecule has 1 aliphatic heterocycles. The summed E-state index contributed by atoms with van der Waals surface area (Å²) in [7, 11) is 0. The number of likely N-dealkylation sites (tertiary alicyclic amines) is 1. The van der Waals surface area contributed by atoms with Crippen molar-refractivity contribution in [3.05, 3.63) is 64.4 Å². The fraction of sp³-hybridized carbons (Fsp3) is 0.176. The third kappa shape index (κ3) is 2.22. The zero-order valence-corrected chi connectivity index (χ0v) is 13.4. The molecule has 1 amide bonds. The first-order valence-corrected chi connectivity index (χ1v) is 8.00. The Kier molecular flexibility index (Phi) is 3.22. The van der Waals surface area contributed by atoms with Crippen molar-refractivity contribution >= 4 is 32.9 Å². The van der Waals surface area contributed by atoms with Gasteiger partial charge in [-0.25, -0.2) is 4.98 Å². The second kappa shape index (κ2) is 5.25. The molecule has 110 valence electrons. The molecule has 3 aromatic rings. The number of carbonyl (C=O) groups excluding carboxylic acids is 1. The number of fused-ring (bicyclic) bond motifs is 1. The first-order chi connectivity index (χ1) is 10.7. The summed E-state index contributed by atoms with van der Waals surface area (Å²) >= 11 is 3.44. The molecule has 4 rings (SSSR count). The van der Waals surface area contributed by atoms with E-state index in [0.717, 1.165) is 21.3 Å². The summed E-state index contributed by atoms with van der Waals surface area (Å²) in [6.07, 6.45) is 0. The van der Waals surface area contributed by atoms with Gasteiger partial charge >= 0.3 is 0 Å². The van der Waals surface area contributed by atoms with Crippen LogP contribution in [0.5, 0.6) is 0 Å². The molecule has 2 aromatic carbocycles. The van der Waals surface area contributed by atoms with Crippen LogP contribution in [0, 0.1) is 0 Å². The molecule has 0 unspecified atom stereocenters. The lowest BCUT2D eigenvalue weighted by atomic mass is 9.98. The van der Waals surface area contributed by atoms with Gasteiger partial charge in [0.2, 0.25) is 0 Å². The van der Waals surface area contributed by atoms with Crippen molar-refractivity contribution in [1.29, 1.82) is 0 Å². The maximum Gasteiger partial charge on any atom is 0.255 e. The largest absolute Gasteiger partial charge is 0.342 e. The van der Waals surface area contributed by atoms with Crippen molar-refractivity contribution in [3.8, 4) is 0 Å². The fourth-order valence-electron chi connectivity index (χ4n) is 2.79. The highest BCUT2D eigenvalue weighted by Gasteiger charge is 2.34. The highest BCUT2D eigenvalue weighted by molar-refractivity contribution is 9.10. The molecule has 0 radical (unpaired) electrons. The van der Waals surface area contributed by atoms with Crippen LogP contribution in [0.3, 0.4) is 0 Å². The van der Waals surface area contributed by atoms with Crippen LogP contribution in [0.1, 0.15) is 22.1 Å². The Morgan fingerprint density at radius 3 is 2.64 bits per heavy atom. The van der Waals surface area contributed by atoms with Crippen LogP contribution in [0.2, 0.25) is 0 Å². The van der Waals surface area contributed by atoms with Gasteiger partial charge in [0.05, 0.1) is 22.5 Å². The fourth-order valence-corrected chi connectivity index (χ4v) is 3.24. The molecule has 2 heterocycles. The molecule has 1 fully saturated rings. The summed E-state index contributed by atoms with van der Waals surface area (Å²) < 4.78 is 0.840. The Morgan fingerprint density at radius 1 is 1.14 bits per heavy atom. The topological polar surface area (TPSA) is 49.0 Å². The summed E-state index contributed by atoms with van der Waals surface area (Å²) in [6, 6.07) is 15.5. The van der Waals surface area contributed by atoms with Crippen molar-refractivity contribution in [2.24, 2.45) is 0 Å². The van der Waals surface area contributed by atoms with Gasteiger partial charge < -0.3 is 9.88 Å². The number of para-hydroxylation sites is 2. The number of imidazole rings is 1. The zero-order chi connectivity index (χ0) is 15.1. The number of nitrogens with zero attached hydrogens (tertiary/aromatic N) is 2. The van der Waals surface area contributed by atoms with E-state index in [1.807, 2.05) is 53.4 Å². The molecule has 0 atom stereocenters. The molecule has 4 nitrogen and oxygen atoms in total. The lowest BCUT2D eigenvalue weighted by molar-refractivity contribution is 0.0595. The molecule has 0 saturated carbocycles. The summed E-state index contributed by atoms with van der Waals surface area (Å²) in [4.78, 5) is 22.3. The minimum Gasteiger partial charge on any atom is -0.342 e. The summed E-state index contributed by atoms with van der Waals surface area (Å²) in [5.41, 5.74) is 2.74. The first kappa shape index (κ1) is 13.5. The second-order valence-electron chi connectivity index (χ2n) is 5.53. The number of benzene rings is 2. The van der Waals surface area contributed by atoms with Gasteiger partial charge in [-0.1, -0.05) is 24.3 Å². The average molecular weight is 356 g/mol. The monoisotopic (exact) mass is 355 g/mol. The Hall–Kier alpha value is -2.14. The summed E-state index contributed by atoms with van der Waals surface area (Å²) in [5, 5.41) is 0. The predicted molar refractivity (Wildman–Crippen MR) is 88.9 cm³/mol. The third-order valence-corrected chi connectivity index (χ3v) is 4.76. The number of hydrogen-bond acceptors (Lipinski definition) is 2. The molecule has 1 saturated heterocycles. The normalized spacial score (nSPS) is 15.0. The van der Waals surface area contributed by atoms with Crippen molar-refractivity contribution in [2.75, 3.05) is 13.1 Å². The van der Waals surface area contributed by atoms with E-state index in [2.05, 4.69) is 25.9 Å². The summed E-state index contributed by atoms with van der Waals surface area (Å²) in [5.74, 6) is 1.33. The minimum atomic E-state index is 0.0693. The average Bonchev–Trinajstić information content (AvgIpc) is 2.89. The maximum absolute atomic E-state index is 12.5. The van der Waals surface area contributed by atoms with Crippen LogP contribution >= 0.6 is 15.9 Å². The van der Waals surface area contributed by atoms with Crippen LogP contribution in [-0.4, -0.2) is 33.9 Å². The molecule has 1 aromatic heterocycles. The molecular formula is C17H14BrN3O. The molecule has 22 heavy (non-hydrogen) atoms. The van der Waals surface area contributed by atoms with Crippen LogP contribution in [0.15, 0.2) is 53.0 Å². The van der Waals surface area contributed by atoms with Gasteiger partial charge in [-0.3, -0.25) is 4.79 Å². The van der Waals surface area contributed by atoms with Crippen LogP contribution in [0.25, 0.3) is 11.0 Å². The number of carbonyl (C=O) groups is 1. The predicted octanol–water partition coefficient (Wildman–Crippen LogP) is 3.57. The Labute approximate surface area is 136 Å². The lowest BCUT2D eigenvalue weighted by Gasteiger charge is -2.38. The quantitative estimate of drug-likeness (QED) is 0.763. The molecule has 0 aliphatic carbocycles. The van der Waals surface area contributed by atoms with Crippen LogP contribution in [-0.2, 0) is 0 Å².